The molecule has 1 amide bonds. The fourth-order valence-corrected chi connectivity index (χ4v) is 4.74. The van der Waals surface area contributed by atoms with Gasteiger partial charge >= 0.3 is 0 Å². The van der Waals surface area contributed by atoms with E-state index in [0.717, 1.165) is 22.4 Å². The van der Waals surface area contributed by atoms with Crippen molar-refractivity contribution >= 4 is 21.8 Å². The molecule has 2 aromatic rings. The minimum Gasteiger partial charge on any atom is -0.324 e. The normalized spacial score (nSPS) is 17.1. The van der Waals surface area contributed by atoms with E-state index in [9.17, 15) is 13.2 Å². The van der Waals surface area contributed by atoms with Gasteiger partial charge in [-0.05, 0) is 36.6 Å². The molecule has 0 aromatic heterocycles. The third kappa shape index (κ3) is 4.89. The maximum absolute atomic E-state index is 13.4. The minimum atomic E-state index is -3.45. The average molecular weight is 431 g/mol. The Bertz CT molecular complexity index is 985. The molecule has 162 valence electrons. The number of aryl methyl sites for hydroxylation is 2. The summed E-state index contributed by atoms with van der Waals surface area (Å²) in [5.74, 6) is -0.112. The summed E-state index contributed by atoms with van der Waals surface area (Å²) in [6.07, 6.45) is 0. The lowest BCUT2D eigenvalue weighted by Gasteiger charge is -2.38. The van der Waals surface area contributed by atoms with Crippen LogP contribution in [0.2, 0.25) is 0 Å². The topological polar surface area (TPSA) is 73.0 Å². The lowest BCUT2D eigenvalue weighted by atomic mass is 10.0. The van der Waals surface area contributed by atoms with Gasteiger partial charge in [-0.15, -0.1) is 0 Å². The fourth-order valence-electron chi connectivity index (χ4n) is 3.66. The third-order valence-electron chi connectivity index (χ3n) is 5.44. The molecule has 0 spiro atoms. The molecule has 0 unspecified atom stereocenters. The van der Waals surface area contributed by atoms with Crippen LogP contribution < -0.4 is 5.32 Å². The zero-order chi connectivity index (χ0) is 21.9. The van der Waals surface area contributed by atoms with Gasteiger partial charge in [0.1, 0.15) is 6.04 Å². The van der Waals surface area contributed by atoms with E-state index in [2.05, 4.69) is 10.2 Å². The zero-order valence-corrected chi connectivity index (χ0v) is 18.8. The molecule has 1 saturated heterocycles. The standard InChI is InChI=1S/C22H30N4O3S/c1-17-10-11-18(2)20(16-17)23-22(27)21(19-8-6-5-7-9-19)25-12-14-26(15-13-25)30(28,29)24(3)4/h5-11,16,21H,12-15H2,1-4H3,(H,23,27)/t21-/m0/s1. The van der Waals surface area contributed by atoms with Crippen LogP contribution >= 0.6 is 0 Å². The van der Waals surface area contributed by atoms with Crippen molar-refractivity contribution in [2.24, 2.45) is 0 Å². The Hall–Kier alpha value is -2.26. The SMILES string of the molecule is Cc1ccc(C)c(NC(=O)[C@H](c2ccccc2)N2CCN(S(=O)(=O)N(C)C)CC2)c1. The number of nitrogens with zero attached hydrogens (tertiary/aromatic N) is 3. The summed E-state index contributed by atoms with van der Waals surface area (Å²) in [5, 5.41) is 3.09. The van der Waals surface area contributed by atoms with Crippen molar-refractivity contribution < 1.29 is 13.2 Å². The van der Waals surface area contributed by atoms with E-state index in [4.69, 9.17) is 0 Å². The molecule has 0 radical (unpaired) electrons. The number of rotatable bonds is 6. The maximum Gasteiger partial charge on any atom is 0.281 e. The summed E-state index contributed by atoms with van der Waals surface area (Å²) in [5.41, 5.74) is 3.77. The number of carbonyl (C=O) groups is 1. The molecule has 0 aliphatic carbocycles. The van der Waals surface area contributed by atoms with E-state index < -0.39 is 16.3 Å². The van der Waals surface area contributed by atoms with Crippen molar-refractivity contribution in [1.82, 2.24) is 13.5 Å². The van der Waals surface area contributed by atoms with Gasteiger partial charge in [0, 0.05) is 46.0 Å². The molecule has 30 heavy (non-hydrogen) atoms. The first kappa shape index (κ1) is 22.4. The summed E-state index contributed by atoms with van der Waals surface area (Å²) in [6, 6.07) is 15.1. The Balaban J connectivity index is 1.82. The zero-order valence-electron chi connectivity index (χ0n) is 18.0. The van der Waals surface area contributed by atoms with Crippen molar-refractivity contribution in [1.29, 1.82) is 0 Å². The van der Waals surface area contributed by atoms with E-state index in [1.165, 1.54) is 22.7 Å². The lowest BCUT2D eigenvalue weighted by Crippen LogP contribution is -2.53. The van der Waals surface area contributed by atoms with Crippen molar-refractivity contribution in [3.63, 3.8) is 0 Å². The number of nitrogens with one attached hydrogen (secondary N) is 1. The minimum absolute atomic E-state index is 0.112. The van der Waals surface area contributed by atoms with Gasteiger partial charge in [-0.25, -0.2) is 0 Å². The highest BCUT2D eigenvalue weighted by Gasteiger charge is 2.34. The van der Waals surface area contributed by atoms with Gasteiger partial charge in [-0.3, -0.25) is 9.69 Å². The first-order valence-electron chi connectivity index (χ1n) is 10.0. The summed E-state index contributed by atoms with van der Waals surface area (Å²) in [4.78, 5) is 15.4. The van der Waals surface area contributed by atoms with Gasteiger partial charge in [0.05, 0.1) is 0 Å². The van der Waals surface area contributed by atoms with E-state index in [-0.39, 0.29) is 5.91 Å². The van der Waals surface area contributed by atoms with Crippen molar-refractivity contribution in [3.8, 4) is 0 Å². The van der Waals surface area contributed by atoms with Gasteiger partial charge in [0.15, 0.2) is 0 Å². The number of carbonyl (C=O) groups excluding carboxylic acids is 1. The molecule has 1 aliphatic rings. The van der Waals surface area contributed by atoms with Crippen LogP contribution in [0.25, 0.3) is 0 Å². The quantitative estimate of drug-likeness (QED) is 0.764. The first-order chi connectivity index (χ1) is 14.2. The maximum atomic E-state index is 13.4. The molecule has 1 atom stereocenters. The number of hydrogen-bond donors (Lipinski definition) is 1. The van der Waals surface area contributed by atoms with E-state index in [0.29, 0.717) is 26.2 Å². The number of amides is 1. The van der Waals surface area contributed by atoms with Crippen LogP contribution in [0.15, 0.2) is 48.5 Å². The van der Waals surface area contributed by atoms with Gasteiger partial charge in [0.2, 0.25) is 5.91 Å². The Labute approximate surface area is 179 Å². The molecule has 3 rings (SSSR count). The molecule has 1 aliphatic heterocycles. The van der Waals surface area contributed by atoms with Crippen LogP contribution in [-0.2, 0) is 15.0 Å². The first-order valence-corrected chi connectivity index (χ1v) is 11.4. The number of hydrogen-bond acceptors (Lipinski definition) is 4. The Morgan fingerprint density at radius 1 is 1.00 bits per heavy atom. The van der Waals surface area contributed by atoms with Crippen LogP contribution in [0.3, 0.4) is 0 Å². The van der Waals surface area contributed by atoms with E-state index in [1.807, 2.05) is 62.4 Å². The van der Waals surface area contributed by atoms with Crippen LogP contribution in [-0.4, -0.2) is 68.1 Å². The van der Waals surface area contributed by atoms with Crippen LogP contribution in [0.4, 0.5) is 5.69 Å². The van der Waals surface area contributed by atoms with Crippen molar-refractivity contribution in [2.45, 2.75) is 19.9 Å². The number of anilines is 1. The molecule has 2 aromatic carbocycles. The van der Waals surface area contributed by atoms with Crippen LogP contribution in [0.5, 0.6) is 0 Å². The van der Waals surface area contributed by atoms with Crippen molar-refractivity contribution in [3.05, 3.63) is 65.2 Å². The van der Waals surface area contributed by atoms with Crippen molar-refractivity contribution in [2.75, 3.05) is 45.6 Å². The van der Waals surface area contributed by atoms with Crippen LogP contribution in [0.1, 0.15) is 22.7 Å². The molecule has 1 fully saturated rings. The molecule has 0 saturated carbocycles. The summed E-state index contributed by atoms with van der Waals surface area (Å²) in [7, 11) is -0.386. The van der Waals surface area contributed by atoms with E-state index >= 15 is 0 Å². The van der Waals surface area contributed by atoms with Gasteiger partial charge in [-0.2, -0.15) is 17.0 Å². The Morgan fingerprint density at radius 2 is 1.63 bits per heavy atom. The molecule has 7 nitrogen and oxygen atoms in total. The predicted octanol–water partition coefficient (Wildman–Crippen LogP) is 2.41. The molecule has 1 heterocycles. The summed E-state index contributed by atoms with van der Waals surface area (Å²) in [6.45, 7) is 5.62. The monoisotopic (exact) mass is 430 g/mol. The summed E-state index contributed by atoms with van der Waals surface area (Å²) < 4.78 is 27.6. The average Bonchev–Trinajstić information content (AvgIpc) is 2.72. The predicted molar refractivity (Wildman–Crippen MR) is 119 cm³/mol. The highest BCUT2D eigenvalue weighted by atomic mass is 32.2. The molecular weight excluding hydrogens is 400 g/mol. The molecule has 8 heteroatoms. The lowest BCUT2D eigenvalue weighted by molar-refractivity contribution is -0.122. The second-order valence-electron chi connectivity index (χ2n) is 7.85. The third-order valence-corrected chi connectivity index (χ3v) is 7.38. The second kappa shape index (κ2) is 9.26. The number of benzene rings is 2. The largest absolute Gasteiger partial charge is 0.324 e. The molecule has 0 bridgehead atoms. The summed E-state index contributed by atoms with van der Waals surface area (Å²) >= 11 is 0. The van der Waals surface area contributed by atoms with Gasteiger partial charge in [-0.1, -0.05) is 42.5 Å². The van der Waals surface area contributed by atoms with Crippen LogP contribution in [0, 0.1) is 13.8 Å². The smallest absolute Gasteiger partial charge is 0.281 e. The Morgan fingerprint density at radius 3 is 2.23 bits per heavy atom. The van der Waals surface area contributed by atoms with E-state index in [1.54, 1.807) is 0 Å². The molecule has 1 N–H and O–H groups in total. The van der Waals surface area contributed by atoms with Gasteiger partial charge in [0.25, 0.3) is 10.2 Å². The number of piperazine rings is 1. The van der Waals surface area contributed by atoms with Gasteiger partial charge < -0.3 is 5.32 Å². The highest BCUT2D eigenvalue weighted by molar-refractivity contribution is 7.86. The second-order valence-corrected chi connectivity index (χ2v) is 9.99. The fraction of sp³-hybridized carbons (Fsp3) is 0.409. The molecular formula is C22H30N4O3S. The Kier molecular flexibility index (Phi) is 6.92. The highest BCUT2D eigenvalue weighted by Crippen LogP contribution is 2.26.